The van der Waals surface area contributed by atoms with Gasteiger partial charge in [-0.05, 0) is 25.1 Å². The number of aryl methyl sites for hydroxylation is 1. The van der Waals surface area contributed by atoms with Crippen molar-refractivity contribution in [1.29, 1.82) is 0 Å². The van der Waals surface area contributed by atoms with Crippen LogP contribution in [-0.4, -0.2) is 15.7 Å². The van der Waals surface area contributed by atoms with Gasteiger partial charge in [-0.25, -0.2) is 4.39 Å². The maximum absolute atomic E-state index is 13.1. The third-order valence-corrected chi connectivity index (χ3v) is 2.45. The summed E-state index contributed by atoms with van der Waals surface area (Å²) < 4.78 is 14.8. The highest BCUT2D eigenvalue weighted by Gasteiger charge is 2.06. The maximum Gasteiger partial charge on any atom is 0.124 e. The molecule has 1 heterocycles. The van der Waals surface area contributed by atoms with Crippen LogP contribution in [0.25, 0.3) is 10.9 Å². The van der Waals surface area contributed by atoms with Crippen molar-refractivity contribution < 1.29 is 4.39 Å². The van der Waals surface area contributed by atoms with Crippen LogP contribution in [0.15, 0.2) is 18.2 Å². The molecule has 4 heteroatoms. The second-order valence-corrected chi connectivity index (χ2v) is 3.66. The van der Waals surface area contributed by atoms with E-state index >= 15 is 0 Å². The number of hydrogen-bond donors (Lipinski definition) is 0. The predicted octanol–water partition coefficient (Wildman–Crippen LogP) is 2.73. The second kappa shape index (κ2) is 4.54. The smallest absolute Gasteiger partial charge is 0.124 e. The van der Waals surface area contributed by atoms with E-state index in [1.54, 1.807) is 10.7 Å². The quantitative estimate of drug-likeness (QED) is 0.550. The second-order valence-electron chi connectivity index (χ2n) is 3.39. The first-order chi connectivity index (χ1) is 7.72. The molecule has 0 aliphatic heterocycles. The average Bonchev–Trinajstić information content (AvgIpc) is 2.56. The molecule has 16 heavy (non-hydrogen) atoms. The van der Waals surface area contributed by atoms with E-state index in [2.05, 4.69) is 16.9 Å². The summed E-state index contributed by atoms with van der Waals surface area (Å²) in [7, 11) is 0. The average molecular weight is 237 g/mol. The fourth-order valence-electron chi connectivity index (χ4n) is 1.61. The van der Waals surface area contributed by atoms with Crippen molar-refractivity contribution in [3.05, 3.63) is 29.7 Å². The van der Waals surface area contributed by atoms with Gasteiger partial charge in [-0.15, -0.1) is 11.6 Å². The maximum atomic E-state index is 13.1. The molecule has 0 saturated carbocycles. The van der Waals surface area contributed by atoms with Crippen molar-refractivity contribution in [3.8, 4) is 11.8 Å². The highest BCUT2D eigenvalue weighted by Crippen LogP contribution is 2.18. The van der Waals surface area contributed by atoms with Gasteiger partial charge in [0.2, 0.25) is 0 Å². The number of rotatable bonds is 1. The zero-order valence-corrected chi connectivity index (χ0v) is 9.55. The first-order valence-corrected chi connectivity index (χ1v) is 5.40. The summed E-state index contributed by atoms with van der Waals surface area (Å²) in [6.07, 6.45) is 0. The van der Waals surface area contributed by atoms with E-state index in [1.165, 1.54) is 12.1 Å². The molecule has 0 N–H and O–H groups in total. The Bertz CT molecular complexity index is 578. The molecule has 0 saturated heterocycles. The topological polar surface area (TPSA) is 17.8 Å². The van der Waals surface area contributed by atoms with Gasteiger partial charge in [-0.1, -0.05) is 11.8 Å². The summed E-state index contributed by atoms with van der Waals surface area (Å²) in [6, 6.07) is 4.63. The molecule has 2 rings (SSSR count). The van der Waals surface area contributed by atoms with Crippen molar-refractivity contribution in [2.75, 3.05) is 5.88 Å². The van der Waals surface area contributed by atoms with Crippen LogP contribution in [0.5, 0.6) is 0 Å². The van der Waals surface area contributed by atoms with Gasteiger partial charge in [0.1, 0.15) is 12.4 Å². The van der Waals surface area contributed by atoms with Crippen LogP contribution in [0.2, 0.25) is 0 Å². The van der Waals surface area contributed by atoms with Crippen LogP contribution in [0.4, 0.5) is 4.39 Å². The SMILES string of the molecule is Cc1nn(CC#CCCl)c2ccc(F)cc12. The molecule has 0 amide bonds. The lowest BCUT2D eigenvalue weighted by Crippen LogP contribution is -1.97. The molecule has 2 nitrogen and oxygen atoms in total. The fraction of sp³-hybridized carbons (Fsp3) is 0.250. The van der Waals surface area contributed by atoms with Gasteiger partial charge in [0.15, 0.2) is 0 Å². The highest BCUT2D eigenvalue weighted by molar-refractivity contribution is 6.19. The van der Waals surface area contributed by atoms with Crippen LogP contribution >= 0.6 is 11.6 Å². The van der Waals surface area contributed by atoms with Gasteiger partial charge < -0.3 is 0 Å². The number of nitrogens with zero attached hydrogens (tertiary/aromatic N) is 2. The standard InChI is InChI=1S/C12H10ClFN2/c1-9-11-8-10(14)4-5-12(11)16(15-9)7-3-2-6-13/h4-5,8H,6-7H2,1H3. The third-order valence-electron chi connectivity index (χ3n) is 2.32. The van der Waals surface area contributed by atoms with E-state index in [9.17, 15) is 4.39 Å². The summed E-state index contributed by atoms with van der Waals surface area (Å²) in [5, 5.41) is 5.13. The Morgan fingerprint density at radius 2 is 2.25 bits per heavy atom. The number of fused-ring (bicyclic) bond motifs is 1. The van der Waals surface area contributed by atoms with Gasteiger partial charge in [-0.3, -0.25) is 4.68 Å². The lowest BCUT2D eigenvalue weighted by molar-refractivity contribution is 0.629. The molecule has 0 unspecified atom stereocenters. The molecular formula is C12H10ClFN2. The Balaban J connectivity index is 2.47. The molecule has 0 aliphatic rings. The minimum Gasteiger partial charge on any atom is -0.253 e. The Morgan fingerprint density at radius 3 is 3.00 bits per heavy atom. The summed E-state index contributed by atoms with van der Waals surface area (Å²) in [4.78, 5) is 0. The lowest BCUT2D eigenvalue weighted by atomic mass is 10.2. The van der Waals surface area contributed by atoms with Crippen molar-refractivity contribution >= 4 is 22.5 Å². The third kappa shape index (κ3) is 2.02. The largest absolute Gasteiger partial charge is 0.253 e. The molecule has 0 fully saturated rings. The number of benzene rings is 1. The predicted molar refractivity (Wildman–Crippen MR) is 62.9 cm³/mol. The zero-order valence-electron chi connectivity index (χ0n) is 8.80. The van der Waals surface area contributed by atoms with Crippen LogP contribution in [0, 0.1) is 24.6 Å². The number of alkyl halides is 1. The molecule has 2 aromatic rings. The molecule has 0 aliphatic carbocycles. The summed E-state index contributed by atoms with van der Waals surface area (Å²) in [5.74, 6) is 5.72. The van der Waals surface area contributed by atoms with Crippen molar-refractivity contribution in [2.24, 2.45) is 0 Å². The molecule has 0 atom stereocenters. The normalized spacial score (nSPS) is 10.2. The Labute approximate surface area is 98.0 Å². The van der Waals surface area contributed by atoms with E-state index in [4.69, 9.17) is 11.6 Å². The zero-order chi connectivity index (χ0) is 11.5. The summed E-state index contributed by atoms with van der Waals surface area (Å²) >= 11 is 5.46. The molecular weight excluding hydrogens is 227 g/mol. The van der Waals surface area contributed by atoms with E-state index in [0.29, 0.717) is 12.4 Å². The van der Waals surface area contributed by atoms with Crippen molar-refractivity contribution in [1.82, 2.24) is 9.78 Å². The molecule has 1 aromatic carbocycles. The summed E-state index contributed by atoms with van der Waals surface area (Å²) in [6.45, 7) is 2.33. The number of halogens is 2. The van der Waals surface area contributed by atoms with E-state index < -0.39 is 0 Å². The van der Waals surface area contributed by atoms with E-state index in [-0.39, 0.29) is 5.82 Å². The minimum atomic E-state index is -0.248. The highest BCUT2D eigenvalue weighted by atomic mass is 35.5. The number of aromatic nitrogens is 2. The minimum absolute atomic E-state index is 0.248. The Morgan fingerprint density at radius 1 is 1.44 bits per heavy atom. The number of hydrogen-bond acceptors (Lipinski definition) is 1. The van der Waals surface area contributed by atoms with Crippen LogP contribution in [-0.2, 0) is 6.54 Å². The van der Waals surface area contributed by atoms with Crippen molar-refractivity contribution in [2.45, 2.75) is 13.5 Å². The summed E-state index contributed by atoms with van der Waals surface area (Å²) in [5.41, 5.74) is 1.70. The monoisotopic (exact) mass is 236 g/mol. The first kappa shape index (κ1) is 11.0. The Kier molecular flexibility index (Phi) is 3.12. The molecule has 82 valence electrons. The van der Waals surface area contributed by atoms with Gasteiger partial charge in [0.25, 0.3) is 0 Å². The van der Waals surface area contributed by atoms with Gasteiger partial charge in [-0.2, -0.15) is 5.10 Å². The van der Waals surface area contributed by atoms with Crippen LogP contribution < -0.4 is 0 Å². The van der Waals surface area contributed by atoms with Crippen LogP contribution in [0.3, 0.4) is 0 Å². The molecule has 0 bridgehead atoms. The van der Waals surface area contributed by atoms with Gasteiger partial charge >= 0.3 is 0 Å². The fourth-order valence-corrected chi connectivity index (χ4v) is 1.70. The lowest BCUT2D eigenvalue weighted by Gasteiger charge is -1.96. The van der Waals surface area contributed by atoms with E-state index in [0.717, 1.165) is 16.6 Å². The Hall–Kier alpha value is -1.53. The molecule has 1 aromatic heterocycles. The van der Waals surface area contributed by atoms with Gasteiger partial charge in [0.05, 0.1) is 17.1 Å². The van der Waals surface area contributed by atoms with E-state index in [1.807, 2.05) is 6.92 Å². The molecule has 0 radical (unpaired) electrons. The van der Waals surface area contributed by atoms with Crippen molar-refractivity contribution in [3.63, 3.8) is 0 Å². The molecule has 0 spiro atoms. The first-order valence-electron chi connectivity index (χ1n) is 4.86. The van der Waals surface area contributed by atoms with Crippen LogP contribution in [0.1, 0.15) is 5.69 Å². The van der Waals surface area contributed by atoms with Gasteiger partial charge in [0, 0.05) is 5.39 Å².